The molecule has 0 aliphatic rings. The lowest BCUT2D eigenvalue weighted by molar-refractivity contribution is 0.567. The second-order valence-corrected chi connectivity index (χ2v) is 5.01. The summed E-state index contributed by atoms with van der Waals surface area (Å²) < 4.78 is 14.8. The van der Waals surface area contributed by atoms with E-state index in [1.807, 2.05) is 60.7 Å². The van der Waals surface area contributed by atoms with E-state index in [2.05, 4.69) is 8.83 Å². The van der Waals surface area contributed by atoms with Crippen LogP contribution < -0.4 is 5.43 Å². The van der Waals surface area contributed by atoms with Crippen LogP contribution >= 0.6 is 0 Å². The summed E-state index contributed by atoms with van der Waals surface area (Å²) in [6, 6.07) is 21.9. The Kier molecular flexibility index (Phi) is 5.46. The third kappa shape index (κ3) is 4.26. The largest absolute Gasteiger partial charge is 0.473 e. The van der Waals surface area contributed by atoms with Crippen molar-refractivity contribution in [3.05, 3.63) is 108 Å². The molecule has 0 aliphatic carbocycles. The van der Waals surface area contributed by atoms with Gasteiger partial charge in [-0.25, -0.2) is 0 Å². The Bertz CT molecular complexity index is 940. The minimum absolute atomic E-state index is 0.0347. The highest BCUT2D eigenvalue weighted by molar-refractivity contribution is 5.89. The molecule has 5 aromatic rings. The fourth-order valence-corrected chi connectivity index (χ4v) is 2.20. The maximum Gasteiger partial charge on any atom is 0.200 e. The molecule has 0 atom stereocenters. The normalized spacial score (nSPS) is 9.76. The molecule has 3 heterocycles. The van der Waals surface area contributed by atoms with Crippen molar-refractivity contribution in [2.45, 2.75) is 0 Å². The van der Waals surface area contributed by atoms with Gasteiger partial charge in [-0.15, -0.1) is 0 Å². The van der Waals surface area contributed by atoms with Gasteiger partial charge in [0.05, 0.1) is 35.8 Å². The third-order valence-electron chi connectivity index (χ3n) is 3.33. The van der Waals surface area contributed by atoms with Gasteiger partial charge in [-0.1, -0.05) is 24.3 Å². The summed E-state index contributed by atoms with van der Waals surface area (Å²) in [5.41, 5.74) is 1.31. The zero-order valence-electron chi connectivity index (χ0n) is 13.4. The Morgan fingerprint density at radius 1 is 0.520 bits per heavy atom. The number of fused-ring (bicyclic) bond motifs is 2. The van der Waals surface area contributed by atoms with Crippen LogP contribution in [-0.2, 0) is 0 Å². The van der Waals surface area contributed by atoms with Crippen LogP contribution in [-0.4, -0.2) is 0 Å². The lowest BCUT2D eigenvalue weighted by Gasteiger charge is -1.99. The first kappa shape index (κ1) is 16.3. The topological polar surface area (TPSA) is 56.5 Å². The van der Waals surface area contributed by atoms with Gasteiger partial charge in [-0.2, -0.15) is 0 Å². The SMILES string of the molecule is O=c1c2ccccc2oc2ccccc12.c1ccoc1.c1ccoc1. The second kappa shape index (κ2) is 8.36. The van der Waals surface area contributed by atoms with Crippen LogP contribution in [0.3, 0.4) is 0 Å². The van der Waals surface area contributed by atoms with Gasteiger partial charge in [0.2, 0.25) is 5.43 Å². The summed E-state index contributed by atoms with van der Waals surface area (Å²) in [5.74, 6) is 0. The van der Waals surface area contributed by atoms with Crippen LogP contribution in [0.4, 0.5) is 0 Å². The Hall–Kier alpha value is -3.53. The van der Waals surface area contributed by atoms with E-state index < -0.39 is 0 Å². The highest BCUT2D eigenvalue weighted by Crippen LogP contribution is 2.17. The van der Waals surface area contributed by atoms with Gasteiger partial charge in [-0.3, -0.25) is 4.79 Å². The first-order valence-electron chi connectivity index (χ1n) is 7.71. The Labute approximate surface area is 143 Å². The molecule has 2 aromatic carbocycles. The number of furan rings is 2. The average Bonchev–Trinajstić information content (AvgIpc) is 3.40. The number of hydrogen-bond donors (Lipinski definition) is 0. The number of benzene rings is 2. The molecule has 4 nitrogen and oxygen atoms in total. The molecule has 124 valence electrons. The zero-order chi connectivity index (χ0) is 17.3. The molecule has 0 spiro atoms. The van der Waals surface area contributed by atoms with E-state index in [4.69, 9.17) is 4.42 Å². The summed E-state index contributed by atoms with van der Waals surface area (Å²) in [5, 5.41) is 1.27. The number of hydrogen-bond acceptors (Lipinski definition) is 4. The van der Waals surface area contributed by atoms with Crippen molar-refractivity contribution < 1.29 is 13.3 Å². The molecule has 0 saturated heterocycles. The van der Waals surface area contributed by atoms with Crippen molar-refractivity contribution in [1.29, 1.82) is 0 Å². The molecule has 0 amide bonds. The fourth-order valence-electron chi connectivity index (χ4n) is 2.20. The molecule has 0 bridgehead atoms. The van der Waals surface area contributed by atoms with E-state index in [0.29, 0.717) is 21.9 Å². The van der Waals surface area contributed by atoms with E-state index in [1.54, 1.807) is 37.2 Å². The molecule has 0 saturated carbocycles. The van der Waals surface area contributed by atoms with Gasteiger partial charge >= 0.3 is 0 Å². The van der Waals surface area contributed by atoms with E-state index >= 15 is 0 Å². The van der Waals surface area contributed by atoms with Gasteiger partial charge in [-0.05, 0) is 48.5 Å². The molecule has 5 rings (SSSR count). The highest BCUT2D eigenvalue weighted by Gasteiger charge is 2.04. The quantitative estimate of drug-likeness (QED) is 0.351. The van der Waals surface area contributed by atoms with Crippen molar-refractivity contribution >= 4 is 21.9 Å². The van der Waals surface area contributed by atoms with E-state index in [9.17, 15) is 4.79 Å². The van der Waals surface area contributed by atoms with E-state index in [1.165, 1.54) is 0 Å². The van der Waals surface area contributed by atoms with Crippen LogP contribution in [0, 0.1) is 0 Å². The monoisotopic (exact) mass is 332 g/mol. The molecule has 25 heavy (non-hydrogen) atoms. The summed E-state index contributed by atoms with van der Waals surface area (Å²) >= 11 is 0. The molecule has 0 radical (unpaired) electrons. The van der Waals surface area contributed by atoms with Gasteiger partial charge in [0.15, 0.2) is 0 Å². The van der Waals surface area contributed by atoms with Crippen molar-refractivity contribution in [2.24, 2.45) is 0 Å². The van der Waals surface area contributed by atoms with E-state index in [0.717, 1.165) is 0 Å². The predicted molar refractivity (Wildman–Crippen MR) is 97.4 cm³/mol. The van der Waals surface area contributed by atoms with Crippen LogP contribution in [0.2, 0.25) is 0 Å². The zero-order valence-corrected chi connectivity index (χ0v) is 13.4. The average molecular weight is 332 g/mol. The first-order chi connectivity index (χ1) is 12.4. The Morgan fingerprint density at radius 2 is 0.920 bits per heavy atom. The van der Waals surface area contributed by atoms with Crippen LogP contribution in [0.25, 0.3) is 21.9 Å². The summed E-state index contributed by atoms with van der Waals surface area (Å²) in [6.45, 7) is 0. The van der Waals surface area contributed by atoms with Crippen molar-refractivity contribution in [3.8, 4) is 0 Å². The third-order valence-corrected chi connectivity index (χ3v) is 3.33. The van der Waals surface area contributed by atoms with E-state index in [-0.39, 0.29) is 5.43 Å². The molecule has 4 heteroatoms. The Balaban J connectivity index is 0.000000148. The number of para-hydroxylation sites is 2. The summed E-state index contributed by atoms with van der Waals surface area (Å²) in [7, 11) is 0. The molecule has 0 aliphatic heterocycles. The molecular weight excluding hydrogens is 316 g/mol. The maximum atomic E-state index is 12.0. The lowest BCUT2D eigenvalue weighted by atomic mass is 10.1. The highest BCUT2D eigenvalue weighted by atomic mass is 16.3. The maximum absolute atomic E-state index is 12.0. The van der Waals surface area contributed by atoms with Gasteiger partial charge in [0.25, 0.3) is 0 Å². The predicted octanol–water partition coefficient (Wildman–Crippen LogP) is 5.51. The summed E-state index contributed by atoms with van der Waals surface area (Å²) in [4.78, 5) is 12.0. The molecular formula is C21H16O4. The molecule has 0 fully saturated rings. The molecule has 0 unspecified atom stereocenters. The molecule has 3 aromatic heterocycles. The van der Waals surface area contributed by atoms with Crippen molar-refractivity contribution in [3.63, 3.8) is 0 Å². The molecule has 0 N–H and O–H groups in total. The van der Waals surface area contributed by atoms with Gasteiger partial charge in [0.1, 0.15) is 11.2 Å². The fraction of sp³-hybridized carbons (Fsp3) is 0. The van der Waals surface area contributed by atoms with Crippen LogP contribution in [0.15, 0.2) is 116 Å². The minimum Gasteiger partial charge on any atom is -0.473 e. The van der Waals surface area contributed by atoms with Gasteiger partial charge < -0.3 is 13.3 Å². The van der Waals surface area contributed by atoms with Crippen LogP contribution in [0.1, 0.15) is 0 Å². The lowest BCUT2D eigenvalue weighted by Crippen LogP contribution is -2.01. The van der Waals surface area contributed by atoms with Crippen molar-refractivity contribution in [1.82, 2.24) is 0 Å². The minimum atomic E-state index is 0.0347. The van der Waals surface area contributed by atoms with Gasteiger partial charge in [0, 0.05) is 0 Å². The first-order valence-corrected chi connectivity index (χ1v) is 7.71. The second-order valence-electron chi connectivity index (χ2n) is 5.01. The summed E-state index contributed by atoms with van der Waals surface area (Å²) in [6.07, 6.45) is 6.50. The smallest absolute Gasteiger partial charge is 0.200 e. The number of rotatable bonds is 0. The Morgan fingerprint density at radius 3 is 1.28 bits per heavy atom. The van der Waals surface area contributed by atoms with Crippen molar-refractivity contribution in [2.75, 3.05) is 0 Å². The van der Waals surface area contributed by atoms with Crippen LogP contribution in [0.5, 0.6) is 0 Å². The standard InChI is InChI=1S/C13H8O2.2C4H4O/c14-13-9-5-1-3-7-11(9)15-12-8-4-2-6-10(12)13;2*1-2-4-5-3-1/h1-8H;2*1-4H.